The zero-order valence-electron chi connectivity index (χ0n) is 11.8. The third kappa shape index (κ3) is 3.15. The second kappa shape index (κ2) is 6.56. The lowest BCUT2D eigenvalue weighted by Crippen LogP contribution is -2.12. The number of nitrogens with one attached hydrogen (secondary N) is 1. The summed E-state index contributed by atoms with van der Waals surface area (Å²) in [6.45, 7) is 3.78. The summed E-state index contributed by atoms with van der Waals surface area (Å²) in [6.07, 6.45) is 5.13. The van der Waals surface area contributed by atoms with Gasteiger partial charge in [-0.05, 0) is 12.1 Å². The SMILES string of the molecule is CCNCc1nc(-c2cnccn2)sc1-c1ccccc1. The minimum Gasteiger partial charge on any atom is -0.311 e. The summed E-state index contributed by atoms with van der Waals surface area (Å²) in [5.74, 6) is 0. The molecule has 3 aromatic rings. The van der Waals surface area contributed by atoms with Crippen LogP contribution < -0.4 is 5.32 Å². The lowest BCUT2D eigenvalue weighted by atomic mass is 10.1. The Balaban J connectivity index is 2.03. The minimum atomic E-state index is 0.761. The predicted molar refractivity (Wildman–Crippen MR) is 86.0 cm³/mol. The molecule has 0 fully saturated rings. The fourth-order valence-corrected chi connectivity index (χ4v) is 3.10. The average Bonchev–Trinajstić information content (AvgIpc) is 2.99. The van der Waals surface area contributed by atoms with Crippen molar-refractivity contribution < 1.29 is 0 Å². The van der Waals surface area contributed by atoms with Gasteiger partial charge in [-0.15, -0.1) is 11.3 Å². The largest absolute Gasteiger partial charge is 0.311 e. The van der Waals surface area contributed by atoms with Gasteiger partial charge in [0, 0.05) is 18.9 Å². The van der Waals surface area contributed by atoms with Crippen molar-refractivity contribution in [3.8, 4) is 21.1 Å². The average molecular weight is 296 g/mol. The fraction of sp³-hybridized carbons (Fsp3) is 0.188. The number of hydrogen-bond acceptors (Lipinski definition) is 5. The molecule has 2 aromatic heterocycles. The molecule has 0 radical (unpaired) electrons. The lowest BCUT2D eigenvalue weighted by Gasteiger charge is -2.02. The van der Waals surface area contributed by atoms with Gasteiger partial charge in [0.15, 0.2) is 0 Å². The molecule has 0 saturated heterocycles. The summed E-state index contributed by atoms with van der Waals surface area (Å²) >= 11 is 1.66. The van der Waals surface area contributed by atoms with E-state index in [1.54, 1.807) is 29.9 Å². The van der Waals surface area contributed by atoms with Crippen LogP contribution in [0.4, 0.5) is 0 Å². The monoisotopic (exact) mass is 296 g/mol. The Labute approximate surface area is 127 Å². The van der Waals surface area contributed by atoms with E-state index in [9.17, 15) is 0 Å². The van der Waals surface area contributed by atoms with Gasteiger partial charge in [0.05, 0.1) is 16.8 Å². The maximum atomic E-state index is 4.75. The Morgan fingerprint density at radius 3 is 2.71 bits per heavy atom. The predicted octanol–water partition coefficient (Wildman–Crippen LogP) is 3.38. The Morgan fingerprint density at radius 2 is 2.00 bits per heavy atom. The molecular formula is C16H16N4S. The van der Waals surface area contributed by atoms with Crippen molar-refractivity contribution in [3.63, 3.8) is 0 Å². The number of benzene rings is 1. The number of nitrogens with zero attached hydrogens (tertiary/aromatic N) is 3. The molecule has 0 aliphatic rings. The van der Waals surface area contributed by atoms with Gasteiger partial charge in [-0.3, -0.25) is 9.97 Å². The Morgan fingerprint density at radius 1 is 1.14 bits per heavy atom. The zero-order valence-corrected chi connectivity index (χ0v) is 12.6. The van der Waals surface area contributed by atoms with Gasteiger partial charge < -0.3 is 5.32 Å². The second-order valence-electron chi connectivity index (χ2n) is 4.53. The molecule has 0 unspecified atom stereocenters. The van der Waals surface area contributed by atoms with Gasteiger partial charge in [-0.1, -0.05) is 37.3 Å². The highest BCUT2D eigenvalue weighted by atomic mass is 32.1. The van der Waals surface area contributed by atoms with Crippen molar-refractivity contribution in [3.05, 3.63) is 54.6 Å². The first-order valence-corrected chi connectivity index (χ1v) is 7.72. The molecule has 1 N–H and O–H groups in total. The van der Waals surface area contributed by atoms with E-state index in [-0.39, 0.29) is 0 Å². The van der Waals surface area contributed by atoms with E-state index in [4.69, 9.17) is 4.98 Å². The van der Waals surface area contributed by atoms with Gasteiger partial charge in [-0.25, -0.2) is 4.98 Å². The normalized spacial score (nSPS) is 10.7. The number of aromatic nitrogens is 3. The van der Waals surface area contributed by atoms with Crippen molar-refractivity contribution in [2.24, 2.45) is 0 Å². The van der Waals surface area contributed by atoms with E-state index >= 15 is 0 Å². The van der Waals surface area contributed by atoms with Crippen LogP contribution in [0.5, 0.6) is 0 Å². The van der Waals surface area contributed by atoms with Crippen LogP contribution in [0.15, 0.2) is 48.9 Å². The summed E-state index contributed by atoms with van der Waals surface area (Å²) in [4.78, 5) is 14.4. The molecule has 3 rings (SSSR count). The first-order chi connectivity index (χ1) is 10.4. The van der Waals surface area contributed by atoms with Gasteiger partial charge in [-0.2, -0.15) is 0 Å². The number of hydrogen-bond donors (Lipinski definition) is 1. The molecule has 0 spiro atoms. The zero-order chi connectivity index (χ0) is 14.5. The maximum absolute atomic E-state index is 4.75. The van der Waals surface area contributed by atoms with Crippen LogP contribution in [0.2, 0.25) is 0 Å². The molecule has 21 heavy (non-hydrogen) atoms. The topological polar surface area (TPSA) is 50.7 Å². The van der Waals surface area contributed by atoms with Crippen LogP contribution in [0.1, 0.15) is 12.6 Å². The van der Waals surface area contributed by atoms with Gasteiger partial charge in [0.25, 0.3) is 0 Å². The highest BCUT2D eigenvalue weighted by Gasteiger charge is 2.14. The molecule has 0 aliphatic carbocycles. The molecule has 0 bridgehead atoms. The van der Waals surface area contributed by atoms with Gasteiger partial charge in [0.2, 0.25) is 0 Å². The molecular weight excluding hydrogens is 280 g/mol. The first kappa shape index (κ1) is 13.9. The van der Waals surface area contributed by atoms with Crippen LogP contribution in [-0.4, -0.2) is 21.5 Å². The van der Waals surface area contributed by atoms with Crippen LogP contribution in [-0.2, 0) is 6.54 Å². The van der Waals surface area contributed by atoms with Crippen LogP contribution >= 0.6 is 11.3 Å². The molecule has 0 aliphatic heterocycles. The maximum Gasteiger partial charge on any atom is 0.144 e. The van der Waals surface area contributed by atoms with E-state index < -0.39 is 0 Å². The third-order valence-corrected chi connectivity index (χ3v) is 4.23. The molecule has 4 nitrogen and oxygen atoms in total. The lowest BCUT2D eigenvalue weighted by molar-refractivity contribution is 0.715. The summed E-state index contributed by atoms with van der Waals surface area (Å²) in [6, 6.07) is 10.4. The second-order valence-corrected chi connectivity index (χ2v) is 5.53. The minimum absolute atomic E-state index is 0.761. The van der Waals surface area contributed by atoms with Gasteiger partial charge >= 0.3 is 0 Å². The molecule has 2 heterocycles. The van der Waals surface area contributed by atoms with Gasteiger partial charge in [0.1, 0.15) is 10.7 Å². The van der Waals surface area contributed by atoms with Crippen molar-refractivity contribution in [2.75, 3.05) is 6.54 Å². The molecule has 1 aromatic carbocycles. The third-order valence-electron chi connectivity index (χ3n) is 3.06. The van der Waals surface area contributed by atoms with Crippen molar-refractivity contribution >= 4 is 11.3 Å². The summed E-state index contributed by atoms with van der Waals surface area (Å²) in [5, 5.41) is 4.26. The van der Waals surface area contributed by atoms with Crippen LogP contribution in [0.25, 0.3) is 21.1 Å². The Hall–Kier alpha value is -2.11. The standard InChI is InChI=1S/C16H16N4S/c1-2-17-10-13-15(12-6-4-3-5-7-12)21-16(20-13)14-11-18-8-9-19-14/h3-9,11,17H,2,10H2,1H3. The quantitative estimate of drug-likeness (QED) is 0.784. The van der Waals surface area contributed by atoms with E-state index in [0.29, 0.717) is 0 Å². The summed E-state index contributed by atoms with van der Waals surface area (Å²) < 4.78 is 0. The number of rotatable bonds is 5. The molecule has 0 atom stereocenters. The van der Waals surface area contributed by atoms with E-state index in [2.05, 4.69) is 34.3 Å². The van der Waals surface area contributed by atoms with E-state index in [1.165, 1.54) is 10.4 Å². The Bertz CT molecular complexity index is 695. The molecule has 106 valence electrons. The summed E-state index contributed by atoms with van der Waals surface area (Å²) in [5.41, 5.74) is 3.08. The first-order valence-electron chi connectivity index (χ1n) is 6.90. The molecule has 5 heteroatoms. The molecule has 0 amide bonds. The van der Waals surface area contributed by atoms with E-state index in [1.807, 2.05) is 18.2 Å². The van der Waals surface area contributed by atoms with E-state index in [0.717, 1.165) is 29.5 Å². The summed E-state index contributed by atoms with van der Waals surface area (Å²) in [7, 11) is 0. The Kier molecular flexibility index (Phi) is 4.33. The van der Waals surface area contributed by atoms with Crippen molar-refractivity contribution in [2.45, 2.75) is 13.5 Å². The van der Waals surface area contributed by atoms with Crippen molar-refractivity contribution in [1.82, 2.24) is 20.3 Å². The highest BCUT2D eigenvalue weighted by molar-refractivity contribution is 7.18. The van der Waals surface area contributed by atoms with Crippen LogP contribution in [0.3, 0.4) is 0 Å². The van der Waals surface area contributed by atoms with Crippen molar-refractivity contribution in [1.29, 1.82) is 0 Å². The number of thiazole rings is 1. The fourth-order valence-electron chi connectivity index (χ4n) is 2.05. The highest BCUT2D eigenvalue weighted by Crippen LogP contribution is 2.34. The molecule has 0 saturated carbocycles. The smallest absolute Gasteiger partial charge is 0.144 e. The van der Waals surface area contributed by atoms with Crippen LogP contribution in [0, 0.1) is 0 Å².